The molecule has 0 bridgehead atoms. The number of amides is 1. The summed E-state index contributed by atoms with van der Waals surface area (Å²) in [6.07, 6.45) is 2.11. The van der Waals surface area contributed by atoms with Gasteiger partial charge in [-0.1, -0.05) is 6.92 Å². The van der Waals surface area contributed by atoms with Crippen molar-refractivity contribution >= 4 is 11.7 Å². The maximum absolute atomic E-state index is 13.7. The van der Waals surface area contributed by atoms with Crippen molar-refractivity contribution in [3.63, 3.8) is 0 Å². The van der Waals surface area contributed by atoms with E-state index < -0.39 is 5.82 Å². The molecule has 1 amide bonds. The molecular weight excluding hydrogens is 235 g/mol. The first kappa shape index (κ1) is 14.3. The summed E-state index contributed by atoms with van der Waals surface area (Å²) in [5.74, 6) is -0.355. The van der Waals surface area contributed by atoms with Crippen LogP contribution in [0.15, 0.2) is 6.33 Å². The minimum absolute atomic E-state index is 0.0670. The lowest BCUT2D eigenvalue weighted by atomic mass is 10.3. The molecule has 1 aromatic heterocycles. The molecule has 0 saturated carbocycles. The summed E-state index contributed by atoms with van der Waals surface area (Å²) >= 11 is 0. The van der Waals surface area contributed by atoms with E-state index in [4.69, 9.17) is 0 Å². The Labute approximate surface area is 106 Å². The molecule has 1 heterocycles. The molecule has 0 aliphatic carbocycles. The molecule has 1 aromatic rings. The Morgan fingerprint density at radius 2 is 2.17 bits per heavy atom. The number of hydrogen-bond donors (Lipinski definition) is 2. The Morgan fingerprint density at radius 1 is 1.44 bits per heavy atom. The van der Waals surface area contributed by atoms with Crippen LogP contribution in [-0.4, -0.2) is 28.5 Å². The summed E-state index contributed by atoms with van der Waals surface area (Å²) in [6, 6.07) is 0.111. The van der Waals surface area contributed by atoms with E-state index in [2.05, 4.69) is 20.6 Å². The predicted molar refractivity (Wildman–Crippen MR) is 67.8 cm³/mol. The van der Waals surface area contributed by atoms with Crippen molar-refractivity contribution in [3.8, 4) is 0 Å². The van der Waals surface area contributed by atoms with Crippen LogP contribution in [0.5, 0.6) is 0 Å². The molecule has 0 aliphatic heterocycles. The minimum atomic E-state index is -0.440. The van der Waals surface area contributed by atoms with Crippen LogP contribution in [0.4, 0.5) is 10.2 Å². The van der Waals surface area contributed by atoms with Crippen LogP contribution in [0.2, 0.25) is 0 Å². The molecule has 0 radical (unpaired) electrons. The fourth-order valence-corrected chi connectivity index (χ4v) is 1.46. The summed E-state index contributed by atoms with van der Waals surface area (Å²) in [7, 11) is 0. The first-order chi connectivity index (χ1) is 8.54. The Morgan fingerprint density at radius 3 is 2.78 bits per heavy atom. The van der Waals surface area contributed by atoms with Gasteiger partial charge in [0.05, 0.1) is 5.69 Å². The van der Waals surface area contributed by atoms with E-state index in [1.807, 2.05) is 20.8 Å². The molecule has 0 unspecified atom stereocenters. The van der Waals surface area contributed by atoms with Crippen molar-refractivity contribution in [2.75, 3.05) is 11.9 Å². The molecule has 0 fully saturated rings. The van der Waals surface area contributed by atoms with Gasteiger partial charge < -0.3 is 10.6 Å². The van der Waals surface area contributed by atoms with Gasteiger partial charge in [-0.25, -0.2) is 14.4 Å². The van der Waals surface area contributed by atoms with Crippen LogP contribution in [0.25, 0.3) is 0 Å². The zero-order valence-corrected chi connectivity index (χ0v) is 11.0. The molecule has 0 atom stereocenters. The van der Waals surface area contributed by atoms with Crippen molar-refractivity contribution in [3.05, 3.63) is 17.8 Å². The highest BCUT2D eigenvalue weighted by molar-refractivity contribution is 5.76. The second-order valence-corrected chi connectivity index (χ2v) is 4.24. The number of carbonyl (C=O) groups excluding carboxylic acids is 1. The zero-order valence-electron chi connectivity index (χ0n) is 11.0. The van der Waals surface area contributed by atoms with Crippen molar-refractivity contribution in [2.45, 2.75) is 39.7 Å². The van der Waals surface area contributed by atoms with Crippen molar-refractivity contribution in [2.24, 2.45) is 0 Å². The number of aryl methyl sites for hydroxylation is 1. The molecule has 6 heteroatoms. The number of anilines is 1. The average Bonchev–Trinajstić information content (AvgIpc) is 2.30. The molecule has 0 saturated heterocycles. The van der Waals surface area contributed by atoms with E-state index in [0.717, 1.165) is 0 Å². The summed E-state index contributed by atoms with van der Waals surface area (Å²) in [5, 5.41) is 5.57. The maximum Gasteiger partial charge on any atom is 0.221 e. The SMILES string of the molecule is CCc1ncnc(NCCC(=O)NC(C)C)c1F. The third-order valence-corrected chi connectivity index (χ3v) is 2.29. The van der Waals surface area contributed by atoms with Crippen LogP contribution < -0.4 is 10.6 Å². The highest BCUT2D eigenvalue weighted by Gasteiger charge is 2.09. The summed E-state index contributed by atoms with van der Waals surface area (Å²) in [5.41, 5.74) is 0.374. The fraction of sp³-hybridized carbons (Fsp3) is 0.583. The van der Waals surface area contributed by atoms with Gasteiger partial charge in [0.1, 0.15) is 6.33 Å². The summed E-state index contributed by atoms with van der Waals surface area (Å²) in [6.45, 7) is 5.95. The molecule has 2 N–H and O–H groups in total. The molecule has 0 aliphatic rings. The average molecular weight is 254 g/mol. The Kier molecular flexibility index (Phi) is 5.48. The van der Waals surface area contributed by atoms with Crippen LogP contribution in [0, 0.1) is 5.82 Å². The van der Waals surface area contributed by atoms with E-state index in [9.17, 15) is 9.18 Å². The number of hydrogen-bond acceptors (Lipinski definition) is 4. The third-order valence-electron chi connectivity index (χ3n) is 2.29. The van der Waals surface area contributed by atoms with Gasteiger partial charge in [0.2, 0.25) is 5.91 Å². The van der Waals surface area contributed by atoms with E-state index in [1.54, 1.807) is 0 Å². The largest absolute Gasteiger partial charge is 0.367 e. The summed E-state index contributed by atoms with van der Waals surface area (Å²) < 4.78 is 13.7. The monoisotopic (exact) mass is 254 g/mol. The Hall–Kier alpha value is -1.72. The molecular formula is C12H19FN4O. The van der Waals surface area contributed by atoms with Gasteiger partial charge in [0.25, 0.3) is 0 Å². The number of nitrogens with zero attached hydrogens (tertiary/aromatic N) is 2. The molecule has 18 heavy (non-hydrogen) atoms. The van der Waals surface area contributed by atoms with Crippen LogP contribution >= 0.6 is 0 Å². The molecule has 1 rings (SSSR count). The minimum Gasteiger partial charge on any atom is -0.367 e. The lowest BCUT2D eigenvalue weighted by molar-refractivity contribution is -0.121. The van der Waals surface area contributed by atoms with E-state index in [-0.39, 0.29) is 24.2 Å². The standard InChI is InChI=1S/C12H19FN4O/c1-4-9-11(13)12(16-7-15-9)14-6-5-10(18)17-8(2)3/h7-8H,4-6H2,1-3H3,(H,17,18)(H,14,15,16). The van der Waals surface area contributed by atoms with E-state index in [0.29, 0.717) is 18.7 Å². The predicted octanol–water partition coefficient (Wildman–Crippen LogP) is 1.50. The quantitative estimate of drug-likeness (QED) is 0.807. The highest BCUT2D eigenvalue weighted by Crippen LogP contribution is 2.12. The summed E-state index contributed by atoms with van der Waals surface area (Å²) in [4.78, 5) is 19.0. The van der Waals surface area contributed by atoms with Crippen LogP contribution in [0.3, 0.4) is 0 Å². The van der Waals surface area contributed by atoms with Gasteiger partial charge in [-0.3, -0.25) is 4.79 Å². The topological polar surface area (TPSA) is 66.9 Å². The first-order valence-corrected chi connectivity index (χ1v) is 6.07. The fourth-order valence-electron chi connectivity index (χ4n) is 1.46. The van der Waals surface area contributed by atoms with Crippen molar-refractivity contribution < 1.29 is 9.18 Å². The lowest BCUT2D eigenvalue weighted by Crippen LogP contribution is -2.31. The van der Waals surface area contributed by atoms with Gasteiger partial charge >= 0.3 is 0 Å². The lowest BCUT2D eigenvalue weighted by Gasteiger charge is -2.10. The number of halogens is 1. The molecule has 0 aromatic carbocycles. The second kappa shape index (κ2) is 6.88. The van der Waals surface area contributed by atoms with Crippen molar-refractivity contribution in [1.29, 1.82) is 0 Å². The van der Waals surface area contributed by atoms with Gasteiger partial charge in [0.15, 0.2) is 11.6 Å². The number of rotatable bonds is 6. The Bertz CT molecular complexity index is 409. The molecule has 100 valence electrons. The van der Waals surface area contributed by atoms with E-state index in [1.165, 1.54) is 6.33 Å². The zero-order chi connectivity index (χ0) is 13.5. The number of nitrogens with one attached hydrogen (secondary N) is 2. The van der Waals surface area contributed by atoms with Gasteiger partial charge in [-0.05, 0) is 20.3 Å². The highest BCUT2D eigenvalue weighted by atomic mass is 19.1. The smallest absolute Gasteiger partial charge is 0.221 e. The maximum atomic E-state index is 13.7. The Balaban J connectivity index is 2.47. The first-order valence-electron chi connectivity index (χ1n) is 6.07. The van der Waals surface area contributed by atoms with Crippen LogP contribution in [0.1, 0.15) is 32.9 Å². The van der Waals surface area contributed by atoms with Gasteiger partial charge in [-0.15, -0.1) is 0 Å². The van der Waals surface area contributed by atoms with Crippen molar-refractivity contribution in [1.82, 2.24) is 15.3 Å². The molecule has 0 spiro atoms. The number of aromatic nitrogens is 2. The molecule has 5 nitrogen and oxygen atoms in total. The van der Waals surface area contributed by atoms with Gasteiger partial charge in [-0.2, -0.15) is 0 Å². The van der Waals surface area contributed by atoms with Gasteiger partial charge in [0, 0.05) is 19.0 Å². The third kappa shape index (κ3) is 4.27. The second-order valence-electron chi connectivity index (χ2n) is 4.24. The van der Waals surface area contributed by atoms with Crippen LogP contribution in [-0.2, 0) is 11.2 Å². The normalized spacial score (nSPS) is 10.5. The van der Waals surface area contributed by atoms with E-state index >= 15 is 0 Å². The number of carbonyl (C=O) groups is 1.